The number of rotatable bonds is 5. The van der Waals surface area contributed by atoms with Gasteiger partial charge in [-0.2, -0.15) is 0 Å². The van der Waals surface area contributed by atoms with Gasteiger partial charge in [-0.3, -0.25) is 0 Å². The van der Waals surface area contributed by atoms with Gasteiger partial charge in [-0.25, -0.2) is 0 Å². The predicted molar refractivity (Wildman–Crippen MR) is 89.0 cm³/mol. The first kappa shape index (κ1) is 15.4. The fourth-order valence-electron chi connectivity index (χ4n) is 2.67. The topological polar surface area (TPSA) is 12.0 Å². The summed E-state index contributed by atoms with van der Waals surface area (Å²) in [6.07, 6.45) is 7.01. The van der Waals surface area contributed by atoms with E-state index >= 15 is 0 Å². The number of benzene rings is 1. The second-order valence-corrected chi connectivity index (χ2v) is 7.54. The Hall–Kier alpha value is 0.01000. The molecule has 0 aromatic heterocycles. The molecule has 1 N–H and O–H groups in total. The largest absolute Gasteiger partial charge is 0.310 e. The number of thioether (sulfide) groups is 1. The van der Waals surface area contributed by atoms with Gasteiger partial charge in [0.15, 0.2) is 0 Å². The van der Waals surface area contributed by atoms with E-state index in [9.17, 15) is 0 Å². The molecule has 1 unspecified atom stereocenters. The van der Waals surface area contributed by atoms with Crippen molar-refractivity contribution in [2.45, 2.75) is 62.1 Å². The van der Waals surface area contributed by atoms with Crippen molar-refractivity contribution < 1.29 is 0 Å². The van der Waals surface area contributed by atoms with Crippen LogP contribution in [0.2, 0.25) is 0 Å². The molecule has 1 aliphatic carbocycles. The van der Waals surface area contributed by atoms with Crippen molar-refractivity contribution in [3.63, 3.8) is 0 Å². The van der Waals surface area contributed by atoms with Crippen LogP contribution in [0, 0.1) is 0 Å². The highest BCUT2D eigenvalue weighted by molar-refractivity contribution is 9.10. The Morgan fingerprint density at radius 1 is 1.32 bits per heavy atom. The molecule has 0 radical (unpaired) electrons. The van der Waals surface area contributed by atoms with Crippen LogP contribution >= 0.6 is 27.7 Å². The maximum atomic E-state index is 3.74. The van der Waals surface area contributed by atoms with Crippen LogP contribution in [-0.4, -0.2) is 11.8 Å². The van der Waals surface area contributed by atoms with E-state index in [-0.39, 0.29) is 0 Å². The molecular formula is C16H24BrNS. The smallest absolute Gasteiger partial charge is 0.0314 e. The van der Waals surface area contributed by atoms with Crippen molar-refractivity contribution >= 4 is 27.7 Å². The Morgan fingerprint density at radius 2 is 2.05 bits per heavy atom. The van der Waals surface area contributed by atoms with Gasteiger partial charge in [-0.05, 0) is 59.9 Å². The van der Waals surface area contributed by atoms with Crippen LogP contribution < -0.4 is 5.32 Å². The molecule has 0 bridgehead atoms. The average molecular weight is 342 g/mol. The summed E-state index contributed by atoms with van der Waals surface area (Å²) in [7, 11) is 0. The standard InChI is InChI=1S/C16H24BrNS/c1-3-18-12(2)13-9-10-16(15(17)11-13)19-14-7-5-4-6-8-14/h9-12,14,18H,3-8H2,1-2H3. The summed E-state index contributed by atoms with van der Waals surface area (Å²) in [5, 5.41) is 4.28. The zero-order valence-corrected chi connectivity index (χ0v) is 14.3. The zero-order chi connectivity index (χ0) is 13.7. The van der Waals surface area contributed by atoms with E-state index in [0.717, 1.165) is 11.8 Å². The van der Waals surface area contributed by atoms with Crippen LogP contribution in [-0.2, 0) is 0 Å². The van der Waals surface area contributed by atoms with Gasteiger partial charge >= 0.3 is 0 Å². The van der Waals surface area contributed by atoms with E-state index in [4.69, 9.17) is 0 Å². The second kappa shape index (κ2) is 7.70. The van der Waals surface area contributed by atoms with Gasteiger partial charge < -0.3 is 5.32 Å². The summed E-state index contributed by atoms with van der Waals surface area (Å²) >= 11 is 5.80. The molecule has 0 spiro atoms. The molecule has 0 saturated heterocycles. The molecule has 1 atom stereocenters. The van der Waals surface area contributed by atoms with Crippen molar-refractivity contribution in [1.82, 2.24) is 5.32 Å². The highest BCUT2D eigenvalue weighted by atomic mass is 79.9. The maximum Gasteiger partial charge on any atom is 0.0314 e. The van der Waals surface area contributed by atoms with Gasteiger partial charge in [0, 0.05) is 20.7 Å². The van der Waals surface area contributed by atoms with Gasteiger partial charge in [0.05, 0.1) is 0 Å². The molecule has 3 heteroatoms. The number of halogens is 1. The lowest BCUT2D eigenvalue weighted by Gasteiger charge is -2.22. The molecule has 1 fully saturated rings. The number of nitrogens with one attached hydrogen (secondary N) is 1. The van der Waals surface area contributed by atoms with Crippen molar-refractivity contribution in [2.75, 3.05) is 6.54 Å². The van der Waals surface area contributed by atoms with E-state index < -0.39 is 0 Å². The van der Waals surface area contributed by atoms with E-state index in [0.29, 0.717) is 6.04 Å². The first-order valence-corrected chi connectivity index (χ1v) is 9.07. The molecule has 0 heterocycles. The summed E-state index contributed by atoms with van der Waals surface area (Å²) in [5.74, 6) is 0. The molecule has 1 aromatic carbocycles. The number of hydrogen-bond acceptors (Lipinski definition) is 2. The maximum absolute atomic E-state index is 3.74. The van der Waals surface area contributed by atoms with Crippen LogP contribution in [0.5, 0.6) is 0 Å². The van der Waals surface area contributed by atoms with E-state index in [2.05, 4.69) is 65.1 Å². The third-order valence-corrected chi connectivity index (χ3v) is 6.15. The van der Waals surface area contributed by atoms with Crippen molar-refractivity contribution in [1.29, 1.82) is 0 Å². The van der Waals surface area contributed by atoms with E-state index in [1.807, 2.05) is 0 Å². The lowest BCUT2D eigenvalue weighted by Crippen LogP contribution is -2.17. The molecular weight excluding hydrogens is 318 g/mol. The normalized spacial score (nSPS) is 18.5. The lowest BCUT2D eigenvalue weighted by atomic mass is 10.0. The quantitative estimate of drug-likeness (QED) is 0.753. The fraction of sp³-hybridized carbons (Fsp3) is 0.625. The van der Waals surface area contributed by atoms with Gasteiger partial charge in [-0.1, -0.05) is 32.3 Å². The minimum absolute atomic E-state index is 0.426. The number of hydrogen-bond donors (Lipinski definition) is 1. The van der Waals surface area contributed by atoms with Gasteiger partial charge in [-0.15, -0.1) is 11.8 Å². The van der Waals surface area contributed by atoms with Crippen LogP contribution in [0.15, 0.2) is 27.6 Å². The first-order valence-electron chi connectivity index (χ1n) is 7.40. The van der Waals surface area contributed by atoms with Crippen LogP contribution in [0.4, 0.5) is 0 Å². The molecule has 19 heavy (non-hydrogen) atoms. The SMILES string of the molecule is CCNC(C)c1ccc(SC2CCCCC2)c(Br)c1. The first-order chi connectivity index (χ1) is 9.20. The molecule has 106 valence electrons. The molecule has 1 aliphatic rings. The average Bonchev–Trinajstić information content (AvgIpc) is 2.42. The minimum Gasteiger partial charge on any atom is -0.310 e. The third-order valence-electron chi connectivity index (χ3n) is 3.81. The second-order valence-electron chi connectivity index (χ2n) is 5.35. The molecule has 1 aromatic rings. The summed E-state index contributed by atoms with van der Waals surface area (Å²) < 4.78 is 1.25. The van der Waals surface area contributed by atoms with Gasteiger partial charge in [0.2, 0.25) is 0 Å². The predicted octanol–water partition coefficient (Wildman–Crippen LogP) is 5.54. The third kappa shape index (κ3) is 4.51. The lowest BCUT2D eigenvalue weighted by molar-refractivity contribution is 0.516. The Bertz CT molecular complexity index is 402. The fourth-order valence-corrected chi connectivity index (χ4v) is 4.59. The van der Waals surface area contributed by atoms with E-state index in [1.165, 1.54) is 47.0 Å². The van der Waals surface area contributed by atoms with Crippen molar-refractivity contribution in [3.8, 4) is 0 Å². The highest BCUT2D eigenvalue weighted by Crippen LogP contribution is 2.38. The monoisotopic (exact) mass is 341 g/mol. The molecule has 1 saturated carbocycles. The molecule has 2 rings (SSSR count). The molecule has 1 nitrogen and oxygen atoms in total. The minimum atomic E-state index is 0.426. The zero-order valence-electron chi connectivity index (χ0n) is 11.9. The van der Waals surface area contributed by atoms with Crippen LogP contribution in [0.25, 0.3) is 0 Å². The molecule has 0 amide bonds. The molecule has 0 aliphatic heterocycles. The van der Waals surface area contributed by atoms with Gasteiger partial charge in [0.25, 0.3) is 0 Å². The van der Waals surface area contributed by atoms with Crippen molar-refractivity contribution in [2.24, 2.45) is 0 Å². The Morgan fingerprint density at radius 3 is 2.68 bits per heavy atom. The Balaban J connectivity index is 2.01. The Kier molecular flexibility index (Phi) is 6.24. The summed E-state index contributed by atoms with van der Waals surface area (Å²) in [4.78, 5) is 1.40. The van der Waals surface area contributed by atoms with E-state index in [1.54, 1.807) is 0 Å². The summed E-state index contributed by atoms with van der Waals surface area (Å²) in [6.45, 7) is 5.38. The highest BCUT2D eigenvalue weighted by Gasteiger charge is 2.16. The van der Waals surface area contributed by atoms with Gasteiger partial charge in [0.1, 0.15) is 0 Å². The summed E-state index contributed by atoms with van der Waals surface area (Å²) in [5.41, 5.74) is 1.36. The summed E-state index contributed by atoms with van der Waals surface area (Å²) in [6, 6.07) is 7.25. The van der Waals surface area contributed by atoms with Crippen molar-refractivity contribution in [3.05, 3.63) is 28.2 Å². The van der Waals surface area contributed by atoms with Crippen LogP contribution in [0.3, 0.4) is 0 Å². The Labute approximate surface area is 130 Å². The van der Waals surface area contributed by atoms with Crippen LogP contribution in [0.1, 0.15) is 57.6 Å².